The molecular formula is C21H23N5O. The van der Waals surface area contributed by atoms with Crippen LogP contribution in [0.5, 0.6) is 0 Å². The Hall–Kier alpha value is -3.41. The van der Waals surface area contributed by atoms with E-state index in [4.69, 9.17) is 0 Å². The highest BCUT2D eigenvalue weighted by molar-refractivity contribution is 5.89. The van der Waals surface area contributed by atoms with Crippen molar-refractivity contribution in [3.8, 4) is 0 Å². The van der Waals surface area contributed by atoms with Crippen LogP contribution in [0.15, 0.2) is 48.7 Å². The molecular weight excluding hydrogens is 338 g/mol. The Kier molecular flexibility index (Phi) is 5.35. The predicted octanol–water partition coefficient (Wildman–Crippen LogP) is 4.85. The second-order valence-electron chi connectivity index (χ2n) is 6.55. The number of carbonyl (C=O) groups is 1. The number of benzene rings is 2. The van der Waals surface area contributed by atoms with Crippen LogP contribution in [0, 0.1) is 20.8 Å². The van der Waals surface area contributed by atoms with E-state index in [1.165, 1.54) is 23.6 Å². The largest absolute Gasteiger partial charge is 0.340 e. The van der Waals surface area contributed by atoms with Crippen LogP contribution >= 0.6 is 0 Å². The maximum atomic E-state index is 11.2. The summed E-state index contributed by atoms with van der Waals surface area (Å²) >= 11 is 0. The van der Waals surface area contributed by atoms with Crippen molar-refractivity contribution < 1.29 is 4.79 Å². The highest BCUT2D eigenvalue weighted by Gasteiger charge is 2.07. The van der Waals surface area contributed by atoms with Gasteiger partial charge in [0.1, 0.15) is 5.82 Å². The van der Waals surface area contributed by atoms with Gasteiger partial charge in [0.15, 0.2) is 0 Å². The molecule has 0 atom stereocenters. The number of nitrogens with zero attached hydrogens (tertiary/aromatic N) is 2. The molecule has 3 aromatic rings. The van der Waals surface area contributed by atoms with Gasteiger partial charge < -0.3 is 16.0 Å². The van der Waals surface area contributed by atoms with Gasteiger partial charge in [-0.05, 0) is 56.2 Å². The quantitative estimate of drug-likeness (QED) is 0.605. The molecule has 1 amide bonds. The predicted molar refractivity (Wildman–Crippen MR) is 110 cm³/mol. The summed E-state index contributed by atoms with van der Waals surface area (Å²) in [5.74, 6) is 1.07. The highest BCUT2D eigenvalue weighted by atomic mass is 16.1. The first-order valence-corrected chi connectivity index (χ1v) is 8.73. The van der Waals surface area contributed by atoms with Crippen molar-refractivity contribution in [1.82, 2.24) is 9.97 Å². The molecule has 0 radical (unpaired) electrons. The van der Waals surface area contributed by atoms with Crippen molar-refractivity contribution >= 4 is 34.7 Å². The lowest BCUT2D eigenvalue weighted by molar-refractivity contribution is -0.114. The molecule has 0 bridgehead atoms. The third-order valence-corrected chi connectivity index (χ3v) is 4.02. The lowest BCUT2D eigenvalue weighted by Crippen LogP contribution is -2.06. The Balaban J connectivity index is 1.79. The van der Waals surface area contributed by atoms with E-state index in [2.05, 4.69) is 58.8 Å². The SMILES string of the molecule is CC(=O)Nc1cccc(Nc2nccc(Nc3c(C)cc(C)cc3C)n2)c1. The first-order chi connectivity index (χ1) is 12.9. The summed E-state index contributed by atoms with van der Waals surface area (Å²) in [6.45, 7) is 7.73. The summed E-state index contributed by atoms with van der Waals surface area (Å²) in [7, 11) is 0. The molecule has 0 aliphatic heterocycles. The summed E-state index contributed by atoms with van der Waals surface area (Å²) in [4.78, 5) is 20.0. The fourth-order valence-electron chi connectivity index (χ4n) is 3.00. The Labute approximate surface area is 159 Å². The highest BCUT2D eigenvalue weighted by Crippen LogP contribution is 2.26. The van der Waals surface area contributed by atoms with Crippen molar-refractivity contribution in [2.24, 2.45) is 0 Å². The smallest absolute Gasteiger partial charge is 0.229 e. The zero-order valence-electron chi connectivity index (χ0n) is 15.9. The Morgan fingerprint density at radius 2 is 1.63 bits per heavy atom. The van der Waals surface area contributed by atoms with Gasteiger partial charge in [-0.25, -0.2) is 4.98 Å². The van der Waals surface area contributed by atoms with Gasteiger partial charge in [0.05, 0.1) is 0 Å². The van der Waals surface area contributed by atoms with Gasteiger partial charge in [-0.1, -0.05) is 23.8 Å². The summed E-state index contributed by atoms with van der Waals surface area (Å²) in [5, 5.41) is 9.31. The first-order valence-electron chi connectivity index (χ1n) is 8.73. The minimum atomic E-state index is -0.113. The number of rotatable bonds is 5. The fraction of sp³-hybridized carbons (Fsp3) is 0.190. The molecule has 3 N–H and O–H groups in total. The summed E-state index contributed by atoms with van der Waals surface area (Å²) in [6.07, 6.45) is 1.70. The number of carbonyl (C=O) groups excluding carboxylic acids is 1. The molecule has 6 nitrogen and oxygen atoms in total. The van der Waals surface area contributed by atoms with Crippen LogP contribution in [0.2, 0.25) is 0 Å². The summed E-state index contributed by atoms with van der Waals surface area (Å²) in [6, 6.07) is 13.5. The number of anilines is 5. The average molecular weight is 361 g/mol. The van der Waals surface area contributed by atoms with Crippen LogP contribution in [0.1, 0.15) is 23.6 Å². The van der Waals surface area contributed by atoms with Crippen LogP contribution in [-0.2, 0) is 4.79 Å². The molecule has 0 fully saturated rings. The molecule has 1 aromatic heterocycles. The maximum absolute atomic E-state index is 11.2. The average Bonchev–Trinajstić information content (AvgIpc) is 2.58. The van der Waals surface area contributed by atoms with Gasteiger partial charge in [0.2, 0.25) is 11.9 Å². The van der Waals surface area contributed by atoms with Gasteiger partial charge in [0.25, 0.3) is 0 Å². The fourth-order valence-corrected chi connectivity index (χ4v) is 3.00. The molecule has 2 aromatic carbocycles. The van der Waals surface area contributed by atoms with Gasteiger partial charge in [-0.2, -0.15) is 4.98 Å². The number of nitrogens with one attached hydrogen (secondary N) is 3. The Morgan fingerprint density at radius 1 is 0.926 bits per heavy atom. The van der Waals surface area contributed by atoms with Crippen molar-refractivity contribution in [3.05, 3.63) is 65.4 Å². The molecule has 27 heavy (non-hydrogen) atoms. The second-order valence-corrected chi connectivity index (χ2v) is 6.55. The zero-order valence-corrected chi connectivity index (χ0v) is 15.9. The van der Waals surface area contributed by atoms with Crippen LogP contribution in [0.4, 0.5) is 28.8 Å². The standard InChI is InChI=1S/C21H23N5O/c1-13-10-14(2)20(15(3)11-13)25-19-8-9-22-21(26-19)24-18-7-5-6-17(12-18)23-16(4)27/h5-12H,1-4H3,(H,23,27)(H2,22,24,25,26). The van der Waals surface area contributed by atoms with E-state index in [1.54, 1.807) is 6.20 Å². The van der Waals surface area contributed by atoms with E-state index in [0.29, 0.717) is 17.5 Å². The Morgan fingerprint density at radius 3 is 2.33 bits per heavy atom. The van der Waals surface area contributed by atoms with E-state index in [1.807, 2.05) is 30.3 Å². The van der Waals surface area contributed by atoms with Crippen LogP contribution < -0.4 is 16.0 Å². The van der Waals surface area contributed by atoms with Gasteiger partial charge in [-0.15, -0.1) is 0 Å². The van der Waals surface area contributed by atoms with E-state index in [0.717, 1.165) is 11.4 Å². The lowest BCUT2D eigenvalue weighted by atomic mass is 10.1. The molecule has 0 aliphatic carbocycles. The lowest BCUT2D eigenvalue weighted by Gasteiger charge is -2.14. The normalized spacial score (nSPS) is 10.4. The van der Waals surface area contributed by atoms with Crippen LogP contribution in [0.25, 0.3) is 0 Å². The molecule has 0 saturated heterocycles. The zero-order chi connectivity index (χ0) is 19.4. The topological polar surface area (TPSA) is 78.9 Å². The number of hydrogen-bond acceptors (Lipinski definition) is 5. The molecule has 138 valence electrons. The third kappa shape index (κ3) is 4.82. The minimum Gasteiger partial charge on any atom is -0.340 e. The molecule has 0 spiro atoms. The first kappa shape index (κ1) is 18.4. The molecule has 0 saturated carbocycles. The minimum absolute atomic E-state index is 0.113. The van der Waals surface area contributed by atoms with E-state index in [9.17, 15) is 4.79 Å². The number of aryl methyl sites for hydroxylation is 3. The van der Waals surface area contributed by atoms with Crippen LogP contribution in [-0.4, -0.2) is 15.9 Å². The van der Waals surface area contributed by atoms with Crippen molar-refractivity contribution in [1.29, 1.82) is 0 Å². The van der Waals surface area contributed by atoms with Gasteiger partial charge in [-0.3, -0.25) is 4.79 Å². The van der Waals surface area contributed by atoms with Crippen LogP contribution in [0.3, 0.4) is 0 Å². The van der Waals surface area contributed by atoms with Crippen molar-refractivity contribution in [2.75, 3.05) is 16.0 Å². The molecule has 3 rings (SSSR count). The maximum Gasteiger partial charge on any atom is 0.229 e. The third-order valence-electron chi connectivity index (χ3n) is 4.02. The summed E-state index contributed by atoms with van der Waals surface area (Å²) < 4.78 is 0. The number of hydrogen-bond donors (Lipinski definition) is 3. The van der Waals surface area contributed by atoms with E-state index in [-0.39, 0.29) is 5.91 Å². The van der Waals surface area contributed by atoms with E-state index < -0.39 is 0 Å². The Bertz CT molecular complexity index is 961. The molecule has 6 heteroatoms. The van der Waals surface area contributed by atoms with Crippen molar-refractivity contribution in [3.63, 3.8) is 0 Å². The molecule has 0 aliphatic rings. The molecule has 0 unspecified atom stereocenters. The summed E-state index contributed by atoms with van der Waals surface area (Å²) in [5.41, 5.74) is 6.14. The van der Waals surface area contributed by atoms with Crippen molar-refractivity contribution in [2.45, 2.75) is 27.7 Å². The van der Waals surface area contributed by atoms with Gasteiger partial charge >= 0.3 is 0 Å². The van der Waals surface area contributed by atoms with E-state index >= 15 is 0 Å². The van der Waals surface area contributed by atoms with Gasteiger partial charge in [0, 0.05) is 30.2 Å². The molecule has 1 heterocycles. The second kappa shape index (κ2) is 7.86. The number of aromatic nitrogens is 2. The monoisotopic (exact) mass is 361 g/mol. The number of amides is 1.